The lowest BCUT2D eigenvalue weighted by Gasteiger charge is -2.31. The van der Waals surface area contributed by atoms with Gasteiger partial charge in [-0.15, -0.1) is 0 Å². The average Bonchev–Trinajstić information content (AvgIpc) is 3.29. The molecule has 0 saturated carbocycles. The van der Waals surface area contributed by atoms with Gasteiger partial charge in [-0.05, 0) is 65.5 Å². The van der Waals surface area contributed by atoms with Crippen molar-refractivity contribution in [1.82, 2.24) is 14.9 Å². The summed E-state index contributed by atoms with van der Waals surface area (Å²) in [5, 5.41) is 0. The predicted octanol–water partition coefficient (Wildman–Crippen LogP) is 4.48. The first-order valence-corrected chi connectivity index (χ1v) is 10.6. The second-order valence-electron chi connectivity index (χ2n) is 10.3. The number of aldehydes is 1. The van der Waals surface area contributed by atoms with Gasteiger partial charge in [-0.3, -0.25) is 4.90 Å². The van der Waals surface area contributed by atoms with Crippen LogP contribution < -0.4 is 0 Å². The molecule has 9 heteroatoms. The Labute approximate surface area is 186 Å². The fraction of sp³-hybridized carbons (Fsp3) is 0.609. The zero-order chi connectivity index (χ0) is 24.0. The number of H-pyrrole nitrogens is 1. The molecule has 1 amide bonds. The van der Waals surface area contributed by atoms with Crippen molar-refractivity contribution in [3.63, 3.8) is 0 Å². The number of nitrogens with zero attached hydrogens (tertiary/aromatic N) is 2. The molecule has 0 radical (unpaired) electrons. The molecule has 0 saturated heterocycles. The summed E-state index contributed by atoms with van der Waals surface area (Å²) in [4.78, 5) is 32.3. The molecule has 0 spiro atoms. The second-order valence-corrected chi connectivity index (χ2v) is 10.3. The van der Waals surface area contributed by atoms with Gasteiger partial charge >= 0.3 is 6.09 Å². The number of ether oxygens (including phenoxy) is 2. The van der Waals surface area contributed by atoms with E-state index in [1.165, 1.54) is 11.9 Å². The van der Waals surface area contributed by atoms with Crippen LogP contribution in [0, 0.1) is 17.6 Å². The van der Waals surface area contributed by atoms with Crippen LogP contribution in [0.2, 0.25) is 0 Å². The van der Waals surface area contributed by atoms with Crippen molar-refractivity contribution in [3.05, 3.63) is 28.6 Å². The number of hydrogen-bond acceptors (Lipinski definition) is 5. The van der Waals surface area contributed by atoms with Crippen molar-refractivity contribution in [1.29, 1.82) is 0 Å². The summed E-state index contributed by atoms with van der Waals surface area (Å²) in [6.07, 6.45) is 0.411. The van der Waals surface area contributed by atoms with Gasteiger partial charge in [0.2, 0.25) is 0 Å². The Balaban J connectivity index is 2.04. The lowest BCUT2D eigenvalue weighted by molar-refractivity contribution is -0.110. The number of imidazole rings is 1. The van der Waals surface area contributed by atoms with E-state index in [1.807, 2.05) is 20.8 Å². The lowest BCUT2D eigenvalue weighted by Crippen LogP contribution is -2.39. The molecule has 2 atom stereocenters. The minimum Gasteiger partial charge on any atom is -0.444 e. The molecule has 7 nitrogen and oxygen atoms in total. The molecular formula is C23H31F2N3O4. The normalized spacial score (nSPS) is 15.7. The third-order valence-corrected chi connectivity index (χ3v) is 5.31. The Morgan fingerprint density at radius 3 is 2.28 bits per heavy atom. The van der Waals surface area contributed by atoms with Crippen LogP contribution in [-0.4, -0.2) is 52.1 Å². The van der Waals surface area contributed by atoms with E-state index in [0.717, 1.165) is 6.29 Å². The number of rotatable bonds is 5. The molecule has 176 valence electrons. The number of aromatic nitrogens is 2. The maximum atomic E-state index is 15.2. The monoisotopic (exact) mass is 451 g/mol. The Morgan fingerprint density at radius 1 is 1.16 bits per heavy atom. The van der Waals surface area contributed by atoms with Crippen LogP contribution in [0.15, 0.2) is 0 Å². The van der Waals surface area contributed by atoms with Gasteiger partial charge in [0.1, 0.15) is 34.8 Å². The third-order valence-electron chi connectivity index (χ3n) is 5.31. The van der Waals surface area contributed by atoms with Crippen LogP contribution in [-0.2, 0) is 27.1 Å². The molecule has 0 fully saturated rings. The predicted molar refractivity (Wildman–Crippen MR) is 115 cm³/mol. The maximum absolute atomic E-state index is 15.2. The summed E-state index contributed by atoms with van der Waals surface area (Å²) < 4.78 is 41.7. The number of benzene rings is 1. The summed E-state index contributed by atoms with van der Waals surface area (Å²) in [6.45, 7) is 10.9. The smallest absolute Gasteiger partial charge is 0.410 e. The minimum absolute atomic E-state index is 0.0369. The average molecular weight is 452 g/mol. The van der Waals surface area contributed by atoms with Crippen molar-refractivity contribution in [2.24, 2.45) is 5.92 Å². The summed E-state index contributed by atoms with van der Waals surface area (Å²) in [5.41, 5.74) is -1.08. The van der Waals surface area contributed by atoms with Gasteiger partial charge in [-0.1, -0.05) is 0 Å². The Kier molecular flexibility index (Phi) is 6.34. The fourth-order valence-electron chi connectivity index (χ4n) is 3.71. The van der Waals surface area contributed by atoms with Crippen molar-refractivity contribution in [3.8, 4) is 0 Å². The zero-order valence-corrected chi connectivity index (χ0v) is 19.6. The second kappa shape index (κ2) is 8.42. The fourth-order valence-corrected chi connectivity index (χ4v) is 3.71. The van der Waals surface area contributed by atoms with E-state index in [4.69, 9.17) is 9.47 Å². The Hall–Kier alpha value is -2.55. The minimum atomic E-state index is -0.771. The number of hydrogen-bond donors (Lipinski definition) is 1. The van der Waals surface area contributed by atoms with E-state index in [9.17, 15) is 9.59 Å². The van der Waals surface area contributed by atoms with Crippen LogP contribution in [0.1, 0.15) is 64.5 Å². The molecule has 0 bridgehead atoms. The van der Waals surface area contributed by atoms with Gasteiger partial charge in [0.15, 0.2) is 11.6 Å². The number of likely N-dealkylation sites (N-methyl/N-ethyl adjacent to an activating group) is 1. The van der Waals surface area contributed by atoms with Gasteiger partial charge in [0, 0.05) is 13.0 Å². The third kappa shape index (κ3) is 4.92. The van der Waals surface area contributed by atoms with Crippen molar-refractivity contribution >= 4 is 23.4 Å². The SMILES string of the molecule is CN(C(=O)OC(C)(C)C)C(COC(C)(C)C)c1nc2c(F)c3c(c(F)c2[nH]1)CC(C=O)C3. The number of carbonyl (C=O) groups excluding carboxylic acids is 2. The number of aromatic amines is 1. The Morgan fingerprint density at radius 2 is 1.75 bits per heavy atom. The number of halogens is 2. The van der Waals surface area contributed by atoms with Crippen LogP contribution in [0.4, 0.5) is 13.6 Å². The number of amides is 1. The molecule has 3 rings (SSSR count). The van der Waals surface area contributed by atoms with Gasteiger partial charge in [0.05, 0.1) is 12.2 Å². The Bertz CT molecular complexity index is 988. The van der Waals surface area contributed by atoms with Crippen LogP contribution in [0.5, 0.6) is 0 Å². The summed E-state index contributed by atoms with van der Waals surface area (Å²) in [6, 6.07) is -0.771. The molecule has 32 heavy (non-hydrogen) atoms. The van der Waals surface area contributed by atoms with E-state index >= 15 is 8.78 Å². The van der Waals surface area contributed by atoms with Gasteiger partial charge in [-0.2, -0.15) is 0 Å². The summed E-state index contributed by atoms with van der Waals surface area (Å²) in [5.74, 6) is -1.51. The molecule has 1 aromatic heterocycles. The molecule has 2 aromatic rings. The topological polar surface area (TPSA) is 84.5 Å². The van der Waals surface area contributed by atoms with Crippen LogP contribution >= 0.6 is 0 Å². The van der Waals surface area contributed by atoms with Crippen LogP contribution in [0.3, 0.4) is 0 Å². The van der Waals surface area contributed by atoms with E-state index in [1.54, 1.807) is 20.8 Å². The number of carbonyl (C=O) groups is 2. The first kappa shape index (κ1) is 24.1. The molecule has 2 unspecified atom stereocenters. The standard InChI is InChI=1S/C23H31F2N3O4/c1-22(2,3)31-11-15(28(7)21(30)32-23(4,5)6)20-26-18-16(24)13-8-12(10-29)9-14(13)17(25)19(18)27-20/h10,12,15H,8-9,11H2,1-7H3,(H,26,27). The molecule has 1 heterocycles. The first-order chi connectivity index (χ1) is 14.7. The highest BCUT2D eigenvalue weighted by Crippen LogP contribution is 2.36. The van der Waals surface area contributed by atoms with E-state index in [-0.39, 0.29) is 47.4 Å². The molecule has 1 aliphatic rings. The maximum Gasteiger partial charge on any atom is 0.410 e. The highest BCUT2D eigenvalue weighted by atomic mass is 19.1. The molecule has 1 aliphatic carbocycles. The highest BCUT2D eigenvalue weighted by Gasteiger charge is 2.34. The summed E-state index contributed by atoms with van der Waals surface area (Å²) >= 11 is 0. The molecule has 1 N–H and O–H groups in total. The molecule has 0 aliphatic heterocycles. The highest BCUT2D eigenvalue weighted by molar-refractivity contribution is 5.80. The van der Waals surface area contributed by atoms with Gasteiger partial charge in [0.25, 0.3) is 0 Å². The van der Waals surface area contributed by atoms with E-state index in [0.29, 0.717) is 0 Å². The largest absolute Gasteiger partial charge is 0.444 e. The number of nitrogens with one attached hydrogen (secondary N) is 1. The van der Waals surface area contributed by atoms with Crippen molar-refractivity contribution in [2.45, 2.75) is 71.6 Å². The first-order valence-electron chi connectivity index (χ1n) is 10.6. The van der Waals surface area contributed by atoms with Crippen LogP contribution in [0.25, 0.3) is 11.0 Å². The van der Waals surface area contributed by atoms with E-state index < -0.39 is 40.9 Å². The quantitative estimate of drug-likeness (QED) is 0.678. The molecule has 1 aromatic carbocycles. The van der Waals surface area contributed by atoms with Crippen molar-refractivity contribution < 1.29 is 27.8 Å². The van der Waals surface area contributed by atoms with Gasteiger partial charge < -0.3 is 19.3 Å². The van der Waals surface area contributed by atoms with Crippen molar-refractivity contribution in [2.75, 3.05) is 13.7 Å². The lowest BCUT2D eigenvalue weighted by atomic mass is 10.1. The zero-order valence-electron chi connectivity index (χ0n) is 19.6. The molecular weight excluding hydrogens is 420 g/mol. The van der Waals surface area contributed by atoms with Gasteiger partial charge in [-0.25, -0.2) is 18.6 Å². The van der Waals surface area contributed by atoms with E-state index in [2.05, 4.69) is 9.97 Å². The summed E-state index contributed by atoms with van der Waals surface area (Å²) in [7, 11) is 1.53. The number of fused-ring (bicyclic) bond motifs is 2.